The van der Waals surface area contributed by atoms with E-state index in [4.69, 9.17) is 0 Å². The Kier molecular flexibility index (Phi) is 7.88. The minimum atomic E-state index is -0.514. The lowest BCUT2D eigenvalue weighted by Crippen LogP contribution is -2.29. The highest BCUT2D eigenvalue weighted by atomic mass is 16.3. The van der Waals surface area contributed by atoms with Crippen molar-refractivity contribution in [2.75, 3.05) is 0 Å². The molecule has 22 heavy (non-hydrogen) atoms. The fourth-order valence-corrected chi connectivity index (χ4v) is 3.86. The van der Waals surface area contributed by atoms with Gasteiger partial charge in [-0.2, -0.15) is 0 Å². The molecule has 0 heterocycles. The molecule has 0 amide bonds. The van der Waals surface area contributed by atoms with Crippen LogP contribution in [0.5, 0.6) is 0 Å². The molecule has 0 bridgehead atoms. The van der Waals surface area contributed by atoms with Crippen molar-refractivity contribution in [3.8, 4) is 0 Å². The van der Waals surface area contributed by atoms with Crippen LogP contribution in [-0.4, -0.2) is 21.4 Å². The molecule has 0 aromatic rings. The first-order valence-electron chi connectivity index (χ1n) is 9.56. The van der Waals surface area contributed by atoms with Crippen LogP contribution in [0.4, 0.5) is 0 Å². The van der Waals surface area contributed by atoms with Crippen LogP contribution in [0.3, 0.4) is 0 Å². The fraction of sp³-hybridized carbons (Fsp3) is 1.00. The maximum absolute atomic E-state index is 10.6. The third-order valence-corrected chi connectivity index (χ3v) is 5.87. The Labute approximate surface area is 138 Å². The van der Waals surface area contributed by atoms with Gasteiger partial charge in [0.05, 0.1) is 11.2 Å². The van der Waals surface area contributed by atoms with Crippen LogP contribution in [0.2, 0.25) is 0 Å². The van der Waals surface area contributed by atoms with Crippen LogP contribution in [0.15, 0.2) is 0 Å². The van der Waals surface area contributed by atoms with E-state index in [1.54, 1.807) is 0 Å². The summed E-state index contributed by atoms with van der Waals surface area (Å²) >= 11 is 0. The van der Waals surface area contributed by atoms with Gasteiger partial charge in [-0.15, -0.1) is 0 Å². The Morgan fingerprint density at radius 3 is 1.55 bits per heavy atom. The molecule has 2 unspecified atom stereocenters. The van der Waals surface area contributed by atoms with E-state index >= 15 is 0 Å². The van der Waals surface area contributed by atoms with Crippen molar-refractivity contribution in [1.29, 1.82) is 0 Å². The summed E-state index contributed by atoms with van der Waals surface area (Å²) in [6, 6.07) is 0. The molecule has 0 aliphatic heterocycles. The van der Waals surface area contributed by atoms with Crippen molar-refractivity contribution in [2.24, 2.45) is 17.8 Å². The summed E-state index contributed by atoms with van der Waals surface area (Å²) in [6.07, 6.45) is 10.5. The maximum atomic E-state index is 10.6. The highest BCUT2D eigenvalue weighted by molar-refractivity contribution is 4.80. The molecule has 0 radical (unpaired) electrons. The lowest BCUT2D eigenvalue weighted by Gasteiger charge is -2.31. The Bertz CT molecular complexity index is 281. The molecular formula is C20H40O2. The van der Waals surface area contributed by atoms with Crippen LogP contribution < -0.4 is 0 Å². The van der Waals surface area contributed by atoms with Gasteiger partial charge in [-0.1, -0.05) is 46.5 Å². The molecule has 0 aromatic heterocycles. The minimum absolute atomic E-state index is 0.514. The summed E-state index contributed by atoms with van der Waals surface area (Å²) < 4.78 is 0. The first kappa shape index (κ1) is 20.0. The Balaban J connectivity index is 2.69. The molecule has 2 N–H and O–H groups in total. The van der Waals surface area contributed by atoms with E-state index in [-0.39, 0.29) is 0 Å². The Morgan fingerprint density at radius 1 is 0.773 bits per heavy atom. The molecule has 1 saturated carbocycles. The average molecular weight is 313 g/mol. The van der Waals surface area contributed by atoms with Crippen molar-refractivity contribution < 1.29 is 10.2 Å². The molecule has 0 saturated heterocycles. The predicted octanol–water partition coefficient (Wildman–Crippen LogP) is 5.31. The van der Waals surface area contributed by atoms with E-state index in [0.717, 1.165) is 51.4 Å². The van der Waals surface area contributed by atoms with Gasteiger partial charge in [0.25, 0.3) is 0 Å². The topological polar surface area (TPSA) is 40.5 Å². The van der Waals surface area contributed by atoms with Gasteiger partial charge in [0.15, 0.2) is 0 Å². The van der Waals surface area contributed by atoms with E-state index in [1.165, 1.54) is 12.8 Å². The lowest BCUT2D eigenvalue weighted by molar-refractivity contribution is 0.0152. The summed E-state index contributed by atoms with van der Waals surface area (Å²) in [5, 5.41) is 21.2. The molecule has 2 nitrogen and oxygen atoms in total. The molecule has 132 valence electrons. The van der Waals surface area contributed by atoms with Gasteiger partial charge in [-0.05, 0) is 70.1 Å². The summed E-state index contributed by atoms with van der Waals surface area (Å²) in [5.41, 5.74) is -1.03. The van der Waals surface area contributed by atoms with Crippen molar-refractivity contribution in [3.63, 3.8) is 0 Å². The number of hydrogen-bond donors (Lipinski definition) is 2. The molecule has 1 aliphatic carbocycles. The molecule has 2 atom stereocenters. The van der Waals surface area contributed by atoms with E-state index in [1.807, 2.05) is 13.8 Å². The van der Waals surface area contributed by atoms with Crippen molar-refractivity contribution in [2.45, 2.75) is 110 Å². The van der Waals surface area contributed by atoms with Crippen LogP contribution in [0, 0.1) is 17.8 Å². The maximum Gasteiger partial charge on any atom is 0.0619 e. The summed E-state index contributed by atoms with van der Waals surface area (Å²) in [6.45, 7) is 10.9. The SMILES string of the molecule is CC1CCCC(C)(O)CCC(C(C)C)CCC(C)(O)CCC1. The van der Waals surface area contributed by atoms with Gasteiger partial charge in [-0.3, -0.25) is 0 Å². The standard InChI is InChI=1S/C20H40O2/c1-16(2)18-10-14-19(4,21)12-6-8-17(3)9-7-13-20(5,22)15-11-18/h16-18,21-22H,6-15H2,1-5H3. The zero-order chi connectivity index (χ0) is 16.8. The first-order chi connectivity index (χ1) is 10.1. The molecular weight excluding hydrogens is 272 g/mol. The van der Waals surface area contributed by atoms with E-state index < -0.39 is 11.2 Å². The molecule has 1 fully saturated rings. The second-order valence-corrected chi connectivity index (χ2v) is 8.96. The highest BCUT2D eigenvalue weighted by Gasteiger charge is 2.27. The van der Waals surface area contributed by atoms with Gasteiger partial charge in [-0.25, -0.2) is 0 Å². The Morgan fingerprint density at radius 2 is 1.18 bits per heavy atom. The normalized spacial score (nSPS) is 40.4. The second-order valence-electron chi connectivity index (χ2n) is 8.96. The molecule has 1 aliphatic rings. The summed E-state index contributed by atoms with van der Waals surface area (Å²) in [7, 11) is 0. The van der Waals surface area contributed by atoms with Crippen molar-refractivity contribution in [3.05, 3.63) is 0 Å². The van der Waals surface area contributed by atoms with Gasteiger partial charge in [0, 0.05) is 0 Å². The molecule has 1 rings (SSSR count). The smallest absolute Gasteiger partial charge is 0.0619 e. The predicted molar refractivity (Wildman–Crippen MR) is 94.9 cm³/mol. The van der Waals surface area contributed by atoms with E-state index in [2.05, 4.69) is 20.8 Å². The van der Waals surface area contributed by atoms with Gasteiger partial charge >= 0.3 is 0 Å². The van der Waals surface area contributed by atoms with Crippen LogP contribution in [0.25, 0.3) is 0 Å². The molecule has 2 heteroatoms. The fourth-order valence-electron chi connectivity index (χ4n) is 3.86. The van der Waals surface area contributed by atoms with E-state index in [0.29, 0.717) is 17.8 Å². The van der Waals surface area contributed by atoms with E-state index in [9.17, 15) is 10.2 Å². The molecule has 0 aromatic carbocycles. The van der Waals surface area contributed by atoms with Crippen LogP contribution in [-0.2, 0) is 0 Å². The van der Waals surface area contributed by atoms with Crippen LogP contribution >= 0.6 is 0 Å². The minimum Gasteiger partial charge on any atom is -0.390 e. The van der Waals surface area contributed by atoms with Gasteiger partial charge in [0.2, 0.25) is 0 Å². The second kappa shape index (κ2) is 8.68. The quantitative estimate of drug-likeness (QED) is 0.688. The third-order valence-electron chi connectivity index (χ3n) is 5.87. The van der Waals surface area contributed by atoms with Gasteiger partial charge in [0.1, 0.15) is 0 Å². The number of rotatable bonds is 1. The monoisotopic (exact) mass is 312 g/mol. The lowest BCUT2D eigenvalue weighted by atomic mass is 9.79. The average Bonchev–Trinajstić information content (AvgIpc) is 2.36. The van der Waals surface area contributed by atoms with Crippen molar-refractivity contribution in [1.82, 2.24) is 0 Å². The molecule has 0 spiro atoms. The Hall–Kier alpha value is -0.0800. The largest absolute Gasteiger partial charge is 0.390 e. The zero-order valence-electron chi connectivity index (χ0n) is 15.7. The zero-order valence-corrected chi connectivity index (χ0v) is 15.7. The first-order valence-corrected chi connectivity index (χ1v) is 9.56. The summed E-state index contributed by atoms with van der Waals surface area (Å²) in [5.74, 6) is 1.94. The number of aliphatic hydroxyl groups is 2. The number of hydrogen-bond acceptors (Lipinski definition) is 2. The van der Waals surface area contributed by atoms with Gasteiger partial charge < -0.3 is 10.2 Å². The summed E-state index contributed by atoms with van der Waals surface area (Å²) in [4.78, 5) is 0. The third kappa shape index (κ3) is 7.97. The van der Waals surface area contributed by atoms with Crippen LogP contribution in [0.1, 0.15) is 98.8 Å². The van der Waals surface area contributed by atoms with Crippen molar-refractivity contribution >= 4 is 0 Å². The highest BCUT2D eigenvalue weighted by Crippen LogP contribution is 2.33.